The Morgan fingerprint density at radius 1 is 1.16 bits per heavy atom. The van der Waals surface area contributed by atoms with Crippen molar-refractivity contribution in [2.75, 3.05) is 56.6 Å². The van der Waals surface area contributed by atoms with Crippen LogP contribution < -0.4 is 9.80 Å². The van der Waals surface area contributed by atoms with Crippen LogP contribution in [0.2, 0.25) is 5.02 Å². The third-order valence-electron chi connectivity index (χ3n) is 7.35. The number of phenolic OH excluding ortho intramolecular Hbond substituents is 1. The molecule has 3 heterocycles. The fraction of sp³-hybridized carbons (Fsp3) is 0.370. The Labute approximate surface area is 224 Å². The molecule has 0 bridgehead atoms. The SMILES string of the molecule is C=CC(=O)N1CCN(c2nc(N3CC(N(C)C)C3)nc3c(F)c(-c4c(O)cccc4F)c(Cl)cc23)CC1C. The van der Waals surface area contributed by atoms with Gasteiger partial charge in [-0.1, -0.05) is 24.2 Å². The van der Waals surface area contributed by atoms with E-state index in [-0.39, 0.29) is 33.6 Å². The Morgan fingerprint density at radius 2 is 1.89 bits per heavy atom. The van der Waals surface area contributed by atoms with Gasteiger partial charge >= 0.3 is 0 Å². The molecular weight excluding hydrogens is 514 g/mol. The van der Waals surface area contributed by atoms with E-state index in [1.807, 2.05) is 30.8 Å². The maximum Gasteiger partial charge on any atom is 0.246 e. The van der Waals surface area contributed by atoms with Crippen molar-refractivity contribution in [3.05, 3.63) is 53.6 Å². The van der Waals surface area contributed by atoms with Crippen molar-refractivity contribution >= 4 is 40.2 Å². The number of halogens is 3. The summed E-state index contributed by atoms with van der Waals surface area (Å²) >= 11 is 6.53. The van der Waals surface area contributed by atoms with E-state index in [1.54, 1.807) is 4.90 Å². The third kappa shape index (κ3) is 4.41. The number of hydrogen-bond acceptors (Lipinski definition) is 7. The highest BCUT2D eigenvalue weighted by atomic mass is 35.5. The molecule has 1 aromatic heterocycles. The fourth-order valence-corrected chi connectivity index (χ4v) is 5.37. The molecule has 2 aliphatic heterocycles. The van der Waals surface area contributed by atoms with E-state index in [4.69, 9.17) is 16.6 Å². The van der Waals surface area contributed by atoms with Crippen molar-refractivity contribution in [1.29, 1.82) is 0 Å². The van der Waals surface area contributed by atoms with Crippen LogP contribution in [0.25, 0.3) is 22.0 Å². The fourth-order valence-electron chi connectivity index (χ4n) is 5.08. The van der Waals surface area contributed by atoms with E-state index in [1.165, 1.54) is 24.3 Å². The lowest BCUT2D eigenvalue weighted by atomic mass is 10.0. The number of benzene rings is 2. The summed E-state index contributed by atoms with van der Waals surface area (Å²) in [5, 5.41) is 10.7. The van der Waals surface area contributed by atoms with Crippen LogP contribution in [-0.2, 0) is 4.79 Å². The number of nitrogens with zero attached hydrogens (tertiary/aromatic N) is 6. The number of hydrogen-bond donors (Lipinski definition) is 1. The lowest BCUT2D eigenvalue weighted by Gasteiger charge is -2.43. The number of aromatic hydroxyl groups is 1. The van der Waals surface area contributed by atoms with E-state index < -0.39 is 17.4 Å². The summed E-state index contributed by atoms with van der Waals surface area (Å²) in [6.45, 7) is 8.22. The maximum absolute atomic E-state index is 16.2. The molecule has 2 aliphatic rings. The second-order valence-electron chi connectivity index (χ2n) is 9.98. The van der Waals surface area contributed by atoms with Gasteiger partial charge < -0.3 is 24.7 Å². The number of carbonyl (C=O) groups is 1. The van der Waals surface area contributed by atoms with Gasteiger partial charge in [0.25, 0.3) is 0 Å². The summed E-state index contributed by atoms with van der Waals surface area (Å²) in [5.74, 6) is -1.37. The molecule has 200 valence electrons. The molecule has 1 amide bonds. The number of rotatable bonds is 5. The molecule has 2 fully saturated rings. The van der Waals surface area contributed by atoms with Crippen LogP contribution in [0, 0.1) is 11.6 Å². The highest BCUT2D eigenvalue weighted by Gasteiger charge is 2.34. The Balaban J connectivity index is 1.65. The van der Waals surface area contributed by atoms with Gasteiger partial charge in [-0.05, 0) is 45.3 Å². The molecule has 8 nitrogen and oxygen atoms in total. The summed E-state index contributed by atoms with van der Waals surface area (Å²) in [6.07, 6.45) is 1.30. The normalized spacial score (nSPS) is 18.3. The van der Waals surface area contributed by atoms with Gasteiger partial charge in [0.05, 0.1) is 10.6 Å². The van der Waals surface area contributed by atoms with Crippen LogP contribution in [0.5, 0.6) is 5.75 Å². The number of piperazine rings is 1. The first-order chi connectivity index (χ1) is 18.1. The van der Waals surface area contributed by atoms with Gasteiger partial charge in [-0.25, -0.2) is 13.8 Å². The Hall–Kier alpha value is -3.50. The number of phenols is 1. The number of amides is 1. The second kappa shape index (κ2) is 9.99. The largest absolute Gasteiger partial charge is 0.507 e. The van der Waals surface area contributed by atoms with E-state index in [2.05, 4.69) is 16.5 Å². The monoisotopic (exact) mass is 542 g/mol. The molecule has 1 N–H and O–H groups in total. The van der Waals surface area contributed by atoms with Gasteiger partial charge in [0.1, 0.15) is 22.9 Å². The predicted molar refractivity (Wildman–Crippen MR) is 145 cm³/mol. The van der Waals surface area contributed by atoms with Crippen LogP contribution in [0.4, 0.5) is 20.5 Å². The smallest absolute Gasteiger partial charge is 0.246 e. The summed E-state index contributed by atoms with van der Waals surface area (Å²) in [5.41, 5.74) is -0.590. The summed E-state index contributed by atoms with van der Waals surface area (Å²) in [4.78, 5) is 29.4. The van der Waals surface area contributed by atoms with Crippen LogP contribution in [0.1, 0.15) is 6.92 Å². The molecule has 5 rings (SSSR count). The van der Waals surface area contributed by atoms with Crippen molar-refractivity contribution in [2.24, 2.45) is 0 Å². The minimum Gasteiger partial charge on any atom is -0.507 e. The van der Waals surface area contributed by atoms with Crippen LogP contribution in [-0.4, -0.2) is 89.7 Å². The number of likely N-dealkylation sites (N-methyl/N-ethyl adjacent to an activating group) is 1. The summed E-state index contributed by atoms with van der Waals surface area (Å²) in [6, 6.07) is 5.45. The van der Waals surface area contributed by atoms with Crippen molar-refractivity contribution < 1.29 is 18.7 Å². The van der Waals surface area contributed by atoms with Gasteiger partial charge in [0, 0.05) is 55.8 Å². The standard InChI is InChI=1S/C27H29ClF2N6O2/c1-5-21(38)36-10-9-34(12-15(36)2)26-17-11-18(28)22(23-19(29)7-6-8-20(23)37)24(30)25(17)31-27(32-26)35-13-16(14-35)33(3)4/h5-8,11,15-16,37H,1,9-10,12-14H2,2-4H3. The summed E-state index contributed by atoms with van der Waals surface area (Å²) < 4.78 is 31.0. The molecule has 2 saturated heterocycles. The van der Waals surface area contributed by atoms with Crippen molar-refractivity contribution in [3.63, 3.8) is 0 Å². The predicted octanol–water partition coefficient (Wildman–Crippen LogP) is 3.91. The molecular formula is C27H29ClF2N6O2. The molecule has 0 saturated carbocycles. The molecule has 11 heteroatoms. The van der Waals surface area contributed by atoms with E-state index in [0.717, 1.165) is 6.07 Å². The van der Waals surface area contributed by atoms with Gasteiger partial charge in [0.2, 0.25) is 11.9 Å². The maximum atomic E-state index is 16.2. The average Bonchev–Trinajstić information content (AvgIpc) is 2.84. The Morgan fingerprint density at radius 3 is 2.53 bits per heavy atom. The zero-order chi connectivity index (χ0) is 27.3. The Kier molecular flexibility index (Phi) is 6.87. The number of carbonyl (C=O) groups excluding carboxylic acids is 1. The third-order valence-corrected chi connectivity index (χ3v) is 7.65. The minimum atomic E-state index is -0.837. The van der Waals surface area contributed by atoms with Gasteiger partial charge in [-0.3, -0.25) is 4.79 Å². The van der Waals surface area contributed by atoms with Crippen molar-refractivity contribution in [2.45, 2.75) is 19.0 Å². The topological polar surface area (TPSA) is 76.0 Å². The van der Waals surface area contributed by atoms with Gasteiger partial charge in [-0.15, -0.1) is 0 Å². The van der Waals surface area contributed by atoms with E-state index in [0.29, 0.717) is 55.9 Å². The van der Waals surface area contributed by atoms with Crippen LogP contribution in [0.3, 0.4) is 0 Å². The Bertz CT molecular complexity index is 1410. The van der Waals surface area contributed by atoms with E-state index in [9.17, 15) is 14.3 Å². The quantitative estimate of drug-likeness (QED) is 0.490. The van der Waals surface area contributed by atoms with Gasteiger partial charge in [-0.2, -0.15) is 4.98 Å². The molecule has 2 aromatic carbocycles. The average molecular weight is 543 g/mol. The van der Waals surface area contributed by atoms with E-state index >= 15 is 4.39 Å². The molecule has 1 unspecified atom stereocenters. The van der Waals surface area contributed by atoms with Crippen LogP contribution in [0.15, 0.2) is 36.9 Å². The molecule has 0 spiro atoms. The first kappa shape index (κ1) is 26.1. The lowest BCUT2D eigenvalue weighted by Crippen LogP contribution is -2.58. The first-order valence-electron chi connectivity index (χ1n) is 12.4. The van der Waals surface area contributed by atoms with Crippen molar-refractivity contribution in [1.82, 2.24) is 19.8 Å². The second-order valence-corrected chi connectivity index (χ2v) is 10.4. The lowest BCUT2D eigenvalue weighted by molar-refractivity contribution is -0.128. The van der Waals surface area contributed by atoms with Crippen molar-refractivity contribution in [3.8, 4) is 16.9 Å². The molecule has 0 radical (unpaired) electrons. The number of aromatic nitrogens is 2. The first-order valence-corrected chi connectivity index (χ1v) is 12.8. The zero-order valence-electron chi connectivity index (χ0n) is 21.5. The highest BCUT2D eigenvalue weighted by Crippen LogP contribution is 2.43. The molecule has 0 aliphatic carbocycles. The zero-order valence-corrected chi connectivity index (χ0v) is 22.2. The van der Waals surface area contributed by atoms with Crippen LogP contribution >= 0.6 is 11.6 Å². The summed E-state index contributed by atoms with van der Waals surface area (Å²) in [7, 11) is 3.99. The number of fused-ring (bicyclic) bond motifs is 1. The molecule has 3 aromatic rings. The molecule has 38 heavy (non-hydrogen) atoms. The minimum absolute atomic E-state index is 0.0161. The number of anilines is 2. The molecule has 1 atom stereocenters. The highest BCUT2D eigenvalue weighted by molar-refractivity contribution is 6.34. The van der Waals surface area contributed by atoms with Gasteiger partial charge in [0.15, 0.2) is 5.82 Å².